The molecule has 3 rings (SSSR count). The summed E-state index contributed by atoms with van der Waals surface area (Å²) in [4.78, 5) is 41.1. The van der Waals surface area contributed by atoms with Gasteiger partial charge in [-0.25, -0.2) is 15.1 Å². The molecule has 2 atom stereocenters. The molecule has 9 heteroatoms. The summed E-state index contributed by atoms with van der Waals surface area (Å²) in [7, 11) is 1.32. The van der Waals surface area contributed by atoms with E-state index in [1.54, 1.807) is 13.8 Å². The monoisotopic (exact) mass is 456 g/mol. The van der Waals surface area contributed by atoms with E-state index >= 15 is 0 Å². The van der Waals surface area contributed by atoms with E-state index < -0.39 is 30.1 Å². The Morgan fingerprint density at radius 3 is 2.09 bits per heavy atom. The minimum atomic E-state index is -1.37. The number of rotatable bonds is 10. The van der Waals surface area contributed by atoms with Crippen LogP contribution in [0, 0.1) is 5.92 Å². The number of hydrogen-bond donors (Lipinski definition) is 3. The fourth-order valence-electron chi connectivity index (χ4n) is 3.80. The Bertz CT molecular complexity index is 962. The van der Waals surface area contributed by atoms with Crippen LogP contribution in [0.4, 0.5) is 4.79 Å². The number of aliphatic carboxylic acids is 1. The van der Waals surface area contributed by atoms with Gasteiger partial charge < -0.3 is 19.9 Å². The zero-order valence-electron chi connectivity index (χ0n) is 18.7. The van der Waals surface area contributed by atoms with Crippen molar-refractivity contribution in [1.29, 1.82) is 0 Å². The Morgan fingerprint density at radius 1 is 1.00 bits per heavy atom. The molecule has 0 radical (unpaired) electrons. The summed E-state index contributed by atoms with van der Waals surface area (Å²) in [5.74, 6) is -2.40. The number of carbonyl (C=O) groups excluding carboxylic acids is 2. The zero-order chi connectivity index (χ0) is 24.0. The van der Waals surface area contributed by atoms with E-state index in [0.717, 1.165) is 22.3 Å². The highest BCUT2D eigenvalue weighted by atomic mass is 16.7. The highest BCUT2D eigenvalue weighted by Crippen LogP contribution is 2.44. The van der Waals surface area contributed by atoms with Crippen LogP contribution >= 0.6 is 0 Å². The van der Waals surface area contributed by atoms with Gasteiger partial charge in [0.05, 0.1) is 6.61 Å². The van der Waals surface area contributed by atoms with E-state index in [1.807, 2.05) is 48.5 Å². The van der Waals surface area contributed by atoms with E-state index in [9.17, 15) is 14.4 Å². The lowest BCUT2D eigenvalue weighted by atomic mass is 9.98. The van der Waals surface area contributed by atoms with Gasteiger partial charge in [-0.15, -0.1) is 0 Å². The van der Waals surface area contributed by atoms with Gasteiger partial charge in [0, 0.05) is 13.0 Å². The number of methoxy groups -OCH3 is 1. The second kappa shape index (κ2) is 10.9. The Balaban J connectivity index is 1.61. The van der Waals surface area contributed by atoms with Gasteiger partial charge in [0.1, 0.15) is 12.6 Å². The van der Waals surface area contributed by atoms with Crippen molar-refractivity contribution in [2.45, 2.75) is 31.9 Å². The number of alkyl carbamates (subject to hydrolysis) is 1. The topological polar surface area (TPSA) is 123 Å². The van der Waals surface area contributed by atoms with Crippen LogP contribution in [0.2, 0.25) is 0 Å². The first kappa shape index (κ1) is 24.2. The minimum absolute atomic E-state index is 0.108. The van der Waals surface area contributed by atoms with Crippen molar-refractivity contribution in [3.05, 3.63) is 59.7 Å². The number of nitrogens with one attached hydrogen (secondary N) is 2. The smallest absolute Gasteiger partial charge is 0.407 e. The Hall–Kier alpha value is -3.43. The predicted molar refractivity (Wildman–Crippen MR) is 119 cm³/mol. The molecule has 0 aliphatic heterocycles. The van der Waals surface area contributed by atoms with Gasteiger partial charge in [-0.2, -0.15) is 0 Å². The number of hydrogen-bond acceptors (Lipinski definition) is 6. The van der Waals surface area contributed by atoms with Crippen molar-refractivity contribution in [3.8, 4) is 11.1 Å². The highest BCUT2D eigenvalue weighted by Gasteiger charge is 2.31. The van der Waals surface area contributed by atoms with Crippen LogP contribution in [0.25, 0.3) is 11.1 Å². The van der Waals surface area contributed by atoms with Gasteiger partial charge in [-0.05, 0) is 28.2 Å². The molecule has 0 saturated heterocycles. The second-order valence-electron chi connectivity index (χ2n) is 8.06. The maximum absolute atomic E-state index is 12.5. The first-order chi connectivity index (χ1) is 15.8. The highest BCUT2D eigenvalue weighted by molar-refractivity contribution is 5.85. The summed E-state index contributed by atoms with van der Waals surface area (Å²) in [6.45, 7) is 3.33. The average Bonchev–Trinajstić information content (AvgIpc) is 3.12. The molecule has 9 nitrogen and oxygen atoms in total. The number of benzene rings is 2. The summed E-state index contributed by atoms with van der Waals surface area (Å²) in [6.07, 6.45) is -2.13. The quantitative estimate of drug-likeness (QED) is 0.470. The van der Waals surface area contributed by atoms with Crippen molar-refractivity contribution >= 4 is 18.0 Å². The molecular formula is C24H28N2O7. The summed E-state index contributed by atoms with van der Waals surface area (Å²) in [6, 6.07) is 15.0. The molecule has 1 aliphatic carbocycles. The summed E-state index contributed by atoms with van der Waals surface area (Å²) >= 11 is 0. The molecule has 1 unspecified atom stereocenters. The number of carbonyl (C=O) groups is 3. The number of carboxylic acid groups (broad SMARTS) is 1. The SMILES string of the molecule is COCC(ONC(=O)[C@@H](NC(=O)OCC1c2ccccc2-c2ccccc21)C(C)C)C(=O)O. The minimum Gasteiger partial charge on any atom is -0.479 e. The van der Waals surface area contributed by atoms with Crippen molar-refractivity contribution in [2.75, 3.05) is 20.3 Å². The van der Waals surface area contributed by atoms with Gasteiger partial charge in [-0.1, -0.05) is 62.4 Å². The molecule has 33 heavy (non-hydrogen) atoms. The largest absolute Gasteiger partial charge is 0.479 e. The van der Waals surface area contributed by atoms with Gasteiger partial charge in [0.15, 0.2) is 0 Å². The Morgan fingerprint density at radius 2 is 1.58 bits per heavy atom. The molecule has 0 aromatic heterocycles. The summed E-state index contributed by atoms with van der Waals surface area (Å²) in [5, 5.41) is 11.6. The number of hydroxylamine groups is 1. The normalized spacial score (nSPS) is 14.2. The maximum atomic E-state index is 12.5. The van der Waals surface area contributed by atoms with Crippen LogP contribution in [0.3, 0.4) is 0 Å². The molecule has 0 spiro atoms. The molecule has 1 aliphatic rings. The van der Waals surface area contributed by atoms with Crippen molar-refractivity contribution in [2.24, 2.45) is 5.92 Å². The van der Waals surface area contributed by atoms with Crippen molar-refractivity contribution in [1.82, 2.24) is 10.8 Å². The van der Waals surface area contributed by atoms with E-state index in [1.165, 1.54) is 7.11 Å². The van der Waals surface area contributed by atoms with Crippen LogP contribution in [-0.2, 0) is 23.9 Å². The van der Waals surface area contributed by atoms with Crippen LogP contribution in [-0.4, -0.2) is 55.5 Å². The molecule has 176 valence electrons. The molecule has 0 fully saturated rings. The molecule has 2 amide bonds. The molecule has 2 aromatic carbocycles. The lowest BCUT2D eigenvalue weighted by Crippen LogP contribution is -2.51. The van der Waals surface area contributed by atoms with Gasteiger partial charge in [0.25, 0.3) is 5.91 Å². The number of fused-ring (bicyclic) bond motifs is 3. The third-order valence-corrected chi connectivity index (χ3v) is 5.46. The molecule has 0 saturated carbocycles. The van der Waals surface area contributed by atoms with Crippen LogP contribution in [0.5, 0.6) is 0 Å². The number of amides is 2. The predicted octanol–water partition coefficient (Wildman–Crippen LogP) is 2.70. The Kier molecular flexibility index (Phi) is 8.02. The standard InChI is InChI=1S/C24H28N2O7/c1-14(2)21(22(27)26-33-20(13-31-3)23(28)29)25-24(30)32-12-19-17-10-6-4-8-15(17)16-9-5-7-11-18(16)19/h4-11,14,19-21H,12-13H2,1-3H3,(H,25,30)(H,26,27)(H,28,29)/t20?,21-/m0/s1. The van der Waals surface area contributed by atoms with Crippen molar-refractivity contribution in [3.63, 3.8) is 0 Å². The van der Waals surface area contributed by atoms with E-state index in [0.29, 0.717) is 0 Å². The number of ether oxygens (including phenoxy) is 2. The molecule has 3 N–H and O–H groups in total. The number of carboxylic acids is 1. The Labute approximate surface area is 192 Å². The summed E-state index contributed by atoms with van der Waals surface area (Å²) in [5.41, 5.74) is 6.48. The van der Waals surface area contributed by atoms with E-state index in [2.05, 4.69) is 10.8 Å². The lowest BCUT2D eigenvalue weighted by Gasteiger charge is -2.23. The first-order valence-corrected chi connectivity index (χ1v) is 10.6. The fourth-order valence-corrected chi connectivity index (χ4v) is 3.80. The third kappa shape index (κ3) is 5.68. The second-order valence-corrected chi connectivity index (χ2v) is 8.06. The third-order valence-electron chi connectivity index (χ3n) is 5.46. The van der Waals surface area contributed by atoms with E-state index in [-0.39, 0.29) is 25.0 Å². The molecule has 2 aromatic rings. The zero-order valence-corrected chi connectivity index (χ0v) is 18.7. The van der Waals surface area contributed by atoms with Crippen molar-refractivity contribution < 1.29 is 33.8 Å². The molecule has 0 heterocycles. The van der Waals surface area contributed by atoms with Gasteiger partial charge in [0.2, 0.25) is 6.10 Å². The summed E-state index contributed by atoms with van der Waals surface area (Å²) < 4.78 is 10.2. The maximum Gasteiger partial charge on any atom is 0.407 e. The van der Waals surface area contributed by atoms with Crippen LogP contribution in [0.15, 0.2) is 48.5 Å². The fraction of sp³-hybridized carbons (Fsp3) is 0.375. The molecular weight excluding hydrogens is 428 g/mol. The molecule has 0 bridgehead atoms. The van der Waals surface area contributed by atoms with Crippen LogP contribution in [0.1, 0.15) is 30.9 Å². The lowest BCUT2D eigenvalue weighted by molar-refractivity contribution is -0.165. The van der Waals surface area contributed by atoms with Gasteiger partial charge in [-0.3, -0.25) is 9.63 Å². The van der Waals surface area contributed by atoms with Gasteiger partial charge >= 0.3 is 12.1 Å². The van der Waals surface area contributed by atoms with Crippen LogP contribution < -0.4 is 10.8 Å². The first-order valence-electron chi connectivity index (χ1n) is 10.6. The average molecular weight is 456 g/mol. The van der Waals surface area contributed by atoms with E-state index in [4.69, 9.17) is 19.4 Å².